The van der Waals surface area contributed by atoms with E-state index < -0.39 is 0 Å². The average molecular weight is 638 g/mol. The second kappa shape index (κ2) is 11.5. The largest absolute Gasteiger partial charge is 0.309 e. The maximum atomic E-state index is 4.35. The van der Waals surface area contributed by atoms with Crippen molar-refractivity contribution in [3.05, 3.63) is 188 Å². The highest BCUT2D eigenvalue weighted by Gasteiger charge is 2.16. The molecule has 0 spiro atoms. The first-order chi connectivity index (χ1) is 24.8. The molecule has 0 saturated carbocycles. The summed E-state index contributed by atoms with van der Waals surface area (Å²) in [6.07, 6.45) is 3.74. The monoisotopic (exact) mass is 637 g/mol. The third-order valence-corrected chi connectivity index (χ3v) is 9.99. The van der Waals surface area contributed by atoms with E-state index in [9.17, 15) is 0 Å². The molecule has 3 heteroatoms. The molecule has 3 aromatic heterocycles. The molecule has 3 nitrogen and oxygen atoms in total. The molecule has 10 aromatic rings. The molecule has 7 aromatic carbocycles. The van der Waals surface area contributed by atoms with Crippen LogP contribution in [0.4, 0.5) is 0 Å². The van der Waals surface area contributed by atoms with E-state index in [1.807, 2.05) is 18.5 Å². The van der Waals surface area contributed by atoms with Gasteiger partial charge < -0.3 is 9.13 Å². The Bertz CT molecular complexity index is 2660. The first-order valence-corrected chi connectivity index (χ1v) is 17.0. The van der Waals surface area contributed by atoms with Gasteiger partial charge in [-0.2, -0.15) is 0 Å². The van der Waals surface area contributed by atoms with Gasteiger partial charge >= 0.3 is 0 Å². The van der Waals surface area contributed by atoms with Gasteiger partial charge in [0, 0.05) is 50.9 Å². The minimum atomic E-state index is 1.11. The molecular formula is C47H31N3. The standard InChI is InChI=1S/C47H31N3/c1-2-11-32(12-3-1)33-13-8-16-38(27-33)49-44-20-6-4-18-40(44)42-29-35(22-24-46(42)49)36-23-25-47-43(30-36)41-19-5-7-21-45(41)50(47)39-17-9-14-34(28-39)37-15-10-26-48-31-37/h1-31H. The summed E-state index contributed by atoms with van der Waals surface area (Å²) in [6, 6.07) is 63.6. The predicted octanol–water partition coefficient (Wildman–Crippen LogP) is 12.3. The van der Waals surface area contributed by atoms with E-state index in [4.69, 9.17) is 0 Å². The molecule has 234 valence electrons. The number of pyridine rings is 1. The molecule has 3 heterocycles. The zero-order valence-electron chi connectivity index (χ0n) is 27.2. The number of benzene rings is 7. The van der Waals surface area contributed by atoms with Gasteiger partial charge in [0.15, 0.2) is 0 Å². The Labute approximate surface area is 290 Å². The van der Waals surface area contributed by atoms with Crippen molar-refractivity contribution in [1.82, 2.24) is 14.1 Å². The van der Waals surface area contributed by atoms with Crippen LogP contribution < -0.4 is 0 Å². The Morgan fingerprint density at radius 2 is 0.760 bits per heavy atom. The van der Waals surface area contributed by atoms with Gasteiger partial charge in [-0.1, -0.05) is 109 Å². The molecule has 0 aliphatic carbocycles. The summed E-state index contributed by atoms with van der Waals surface area (Å²) in [4.78, 5) is 4.35. The van der Waals surface area contributed by atoms with Crippen molar-refractivity contribution in [2.24, 2.45) is 0 Å². The number of nitrogens with zero attached hydrogens (tertiary/aromatic N) is 3. The van der Waals surface area contributed by atoms with Gasteiger partial charge in [0.1, 0.15) is 0 Å². The molecule has 0 bridgehead atoms. The van der Waals surface area contributed by atoms with Crippen molar-refractivity contribution in [1.29, 1.82) is 0 Å². The van der Waals surface area contributed by atoms with Crippen LogP contribution in [0.5, 0.6) is 0 Å². The Morgan fingerprint density at radius 3 is 1.32 bits per heavy atom. The van der Waals surface area contributed by atoms with E-state index in [0.717, 1.165) is 22.5 Å². The smallest absolute Gasteiger partial charge is 0.0541 e. The molecule has 0 fully saturated rings. The summed E-state index contributed by atoms with van der Waals surface area (Å²) >= 11 is 0. The summed E-state index contributed by atoms with van der Waals surface area (Å²) in [5.41, 5.74) is 14.2. The quantitative estimate of drug-likeness (QED) is 0.184. The molecule has 0 atom stereocenters. The molecule has 0 aliphatic heterocycles. The van der Waals surface area contributed by atoms with E-state index in [1.54, 1.807) is 0 Å². The van der Waals surface area contributed by atoms with Gasteiger partial charge in [-0.3, -0.25) is 4.98 Å². The molecule has 50 heavy (non-hydrogen) atoms. The van der Waals surface area contributed by atoms with Crippen LogP contribution in [0, 0.1) is 0 Å². The third kappa shape index (κ3) is 4.56. The molecule has 0 amide bonds. The summed E-state index contributed by atoms with van der Waals surface area (Å²) < 4.78 is 4.78. The fraction of sp³-hybridized carbons (Fsp3) is 0. The van der Waals surface area contributed by atoms with E-state index in [2.05, 4.69) is 184 Å². The zero-order valence-corrected chi connectivity index (χ0v) is 27.2. The number of para-hydroxylation sites is 2. The van der Waals surface area contributed by atoms with Crippen molar-refractivity contribution < 1.29 is 0 Å². The normalized spacial score (nSPS) is 11.6. The molecule has 0 radical (unpaired) electrons. The predicted molar refractivity (Wildman–Crippen MR) is 209 cm³/mol. The van der Waals surface area contributed by atoms with E-state index in [-0.39, 0.29) is 0 Å². The van der Waals surface area contributed by atoms with E-state index in [0.29, 0.717) is 0 Å². The molecular weight excluding hydrogens is 607 g/mol. The van der Waals surface area contributed by atoms with Gasteiger partial charge in [-0.15, -0.1) is 0 Å². The van der Waals surface area contributed by atoms with E-state index in [1.165, 1.54) is 65.9 Å². The van der Waals surface area contributed by atoms with Crippen LogP contribution in [0.2, 0.25) is 0 Å². The van der Waals surface area contributed by atoms with Crippen LogP contribution in [-0.4, -0.2) is 14.1 Å². The molecule has 0 unspecified atom stereocenters. The topological polar surface area (TPSA) is 22.8 Å². The minimum Gasteiger partial charge on any atom is -0.309 e. The van der Waals surface area contributed by atoms with Gasteiger partial charge in [0.2, 0.25) is 0 Å². The summed E-state index contributed by atoms with van der Waals surface area (Å²) in [7, 11) is 0. The number of hydrogen-bond donors (Lipinski definition) is 0. The average Bonchev–Trinajstić information content (AvgIpc) is 3.71. The Balaban J connectivity index is 1.12. The van der Waals surface area contributed by atoms with Crippen molar-refractivity contribution >= 4 is 43.6 Å². The van der Waals surface area contributed by atoms with E-state index >= 15 is 0 Å². The molecule has 0 aliphatic rings. The van der Waals surface area contributed by atoms with Crippen molar-refractivity contribution in [2.75, 3.05) is 0 Å². The highest BCUT2D eigenvalue weighted by molar-refractivity contribution is 6.12. The Kier molecular flexibility index (Phi) is 6.49. The highest BCUT2D eigenvalue weighted by atomic mass is 15.0. The maximum Gasteiger partial charge on any atom is 0.0541 e. The van der Waals surface area contributed by atoms with Gasteiger partial charge in [-0.05, 0) is 94.5 Å². The first kappa shape index (κ1) is 28.3. The molecule has 0 saturated heterocycles. The summed E-state index contributed by atoms with van der Waals surface area (Å²) in [5, 5.41) is 4.98. The summed E-state index contributed by atoms with van der Waals surface area (Å²) in [5.74, 6) is 0. The molecule has 0 N–H and O–H groups in total. The fourth-order valence-corrected chi connectivity index (χ4v) is 7.67. The lowest BCUT2D eigenvalue weighted by Crippen LogP contribution is -1.94. The van der Waals surface area contributed by atoms with Crippen molar-refractivity contribution in [2.45, 2.75) is 0 Å². The fourth-order valence-electron chi connectivity index (χ4n) is 7.67. The van der Waals surface area contributed by atoms with Gasteiger partial charge in [-0.25, -0.2) is 0 Å². The van der Waals surface area contributed by atoms with Gasteiger partial charge in [0.25, 0.3) is 0 Å². The maximum absolute atomic E-state index is 4.35. The van der Waals surface area contributed by atoms with Crippen LogP contribution in [0.25, 0.3) is 88.4 Å². The van der Waals surface area contributed by atoms with Gasteiger partial charge in [0.05, 0.1) is 22.1 Å². The Morgan fingerprint density at radius 1 is 0.300 bits per heavy atom. The van der Waals surface area contributed by atoms with Crippen LogP contribution in [0.1, 0.15) is 0 Å². The van der Waals surface area contributed by atoms with Crippen LogP contribution >= 0.6 is 0 Å². The summed E-state index contributed by atoms with van der Waals surface area (Å²) in [6.45, 7) is 0. The lowest BCUT2D eigenvalue weighted by Gasteiger charge is -2.11. The lowest BCUT2D eigenvalue weighted by atomic mass is 10.0. The first-order valence-electron chi connectivity index (χ1n) is 17.0. The number of rotatable bonds is 5. The second-order valence-corrected chi connectivity index (χ2v) is 12.9. The highest BCUT2D eigenvalue weighted by Crippen LogP contribution is 2.39. The SMILES string of the molecule is c1ccc(-c2cccc(-n3c4ccccc4c4cc(-c5ccc6c(c5)c5ccccc5n6-c5cccc(-c6cccnc6)c5)ccc43)c2)cc1. The third-order valence-electron chi connectivity index (χ3n) is 9.99. The van der Waals surface area contributed by atoms with Crippen molar-refractivity contribution in [3.8, 4) is 44.8 Å². The number of fused-ring (bicyclic) bond motifs is 6. The van der Waals surface area contributed by atoms with Crippen LogP contribution in [0.3, 0.4) is 0 Å². The van der Waals surface area contributed by atoms with Crippen molar-refractivity contribution in [3.63, 3.8) is 0 Å². The minimum absolute atomic E-state index is 1.11. The number of hydrogen-bond acceptors (Lipinski definition) is 1. The lowest BCUT2D eigenvalue weighted by molar-refractivity contribution is 1.18. The van der Waals surface area contributed by atoms with Crippen LogP contribution in [-0.2, 0) is 0 Å². The van der Waals surface area contributed by atoms with Crippen LogP contribution in [0.15, 0.2) is 188 Å². The second-order valence-electron chi connectivity index (χ2n) is 12.9. The molecule has 10 rings (SSSR count). The zero-order chi connectivity index (χ0) is 33.0. The Hall–Kier alpha value is -6.71. The number of aromatic nitrogens is 3.